The van der Waals surface area contributed by atoms with Crippen LogP contribution in [0.4, 0.5) is 0 Å². The molecule has 15 heavy (non-hydrogen) atoms. The minimum atomic E-state index is -0.455. The van der Waals surface area contributed by atoms with Crippen LogP contribution in [0.5, 0.6) is 0 Å². The summed E-state index contributed by atoms with van der Waals surface area (Å²) >= 11 is 1.86. The molecular weight excluding hydrogens is 216 g/mol. The highest BCUT2D eigenvalue weighted by Gasteiger charge is 2.37. The van der Waals surface area contributed by atoms with Gasteiger partial charge in [-0.05, 0) is 38.4 Å². The molecule has 0 atom stereocenters. The van der Waals surface area contributed by atoms with E-state index in [1.54, 1.807) is 0 Å². The second kappa shape index (κ2) is 5.01. The molecule has 1 aliphatic heterocycles. The Morgan fingerprint density at radius 2 is 1.73 bits per heavy atom. The van der Waals surface area contributed by atoms with E-state index in [0.29, 0.717) is 13.2 Å². The molecule has 0 aromatic rings. The predicted octanol–water partition coefficient (Wildman–Crippen LogP) is 2.14. The first-order chi connectivity index (χ1) is 7.18. The average molecular weight is 234 g/mol. The second-order valence-electron chi connectivity index (χ2n) is 4.53. The fraction of sp³-hybridized carbons (Fsp3) is 1.00. The van der Waals surface area contributed by atoms with Crippen LogP contribution >= 0.6 is 11.8 Å². The van der Waals surface area contributed by atoms with Crippen molar-refractivity contribution in [3.63, 3.8) is 0 Å². The summed E-state index contributed by atoms with van der Waals surface area (Å²) in [5.41, 5.74) is 0. The maximum absolute atomic E-state index is 5.15. The Morgan fingerprint density at radius 1 is 1.13 bits per heavy atom. The normalized spacial score (nSPS) is 25.2. The highest BCUT2D eigenvalue weighted by molar-refractivity contribution is 8.00. The van der Waals surface area contributed by atoms with Gasteiger partial charge in [0.05, 0.1) is 4.75 Å². The Bertz CT molecular complexity index is 198. The summed E-state index contributed by atoms with van der Waals surface area (Å²) in [6.45, 7) is 5.01. The van der Waals surface area contributed by atoms with E-state index in [1.165, 1.54) is 12.8 Å². The van der Waals surface area contributed by atoms with Gasteiger partial charge in [0.2, 0.25) is 6.29 Å². The number of hydrogen-bond donors (Lipinski definition) is 0. The summed E-state index contributed by atoms with van der Waals surface area (Å²) in [6.07, 6.45) is 2.27. The van der Waals surface area contributed by atoms with E-state index >= 15 is 0 Å². The van der Waals surface area contributed by atoms with Crippen LogP contribution in [0, 0.1) is 5.92 Å². The van der Waals surface area contributed by atoms with Crippen LogP contribution in [0.25, 0.3) is 0 Å². The Labute approximate surface area is 94.4 Å². The van der Waals surface area contributed by atoms with Crippen LogP contribution in [-0.2, 0) is 19.6 Å². The Balaban J connectivity index is 1.80. The van der Waals surface area contributed by atoms with Crippen molar-refractivity contribution in [3.8, 4) is 0 Å². The van der Waals surface area contributed by atoms with Crippen LogP contribution in [0.15, 0.2) is 0 Å². The molecule has 0 N–H and O–H groups in total. The molecule has 1 heterocycles. The van der Waals surface area contributed by atoms with Gasteiger partial charge in [0.25, 0.3) is 0 Å². The lowest BCUT2D eigenvalue weighted by Gasteiger charge is -2.29. The Hall–Kier alpha value is 0.190. The number of rotatable bonds is 4. The quantitative estimate of drug-likeness (QED) is 0.697. The largest absolute Gasteiger partial charge is 0.238 e. The van der Waals surface area contributed by atoms with Crippen molar-refractivity contribution in [2.45, 2.75) is 37.7 Å². The molecule has 0 bridgehead atoms. The average Bonchev–Trinajstić information content (AvgIpc) is 3.03. The zero-order valence-electron chi connectivity index (χ0n) is 9.23. The van der Waals surface area contributed by atoms with Crippen LogP contribution < -0.4 is 0 Å². The topological polar surface area (TPSA) is 36.9 Å². The standard InChI is InChI=1S/C10H18O4S/c1-10(2,15-7-8-3-4-8)9-13-11-5-6-12-14-9/h8-9H,3-7H2,1-2H3. The van der Waals surface area contributed by atoms with Gasteiger partial charge in [0.1, 0.15) is 13.2 Å². The third-order valence-corrected chi connectivity index (χ3v) is 4.09. The molecular formula is C10H18O4S. The third kappa shape index (κ3) is 3.60. The van der Waals surface area contributed by atoms with E-state index in [1.807, 2.05) is 11.8 Å². The van der Waals surface area contributed by atoms with E-state index in [-0.39, 0.29) is 4.75 Å². The highest BCUT2D eigenvalue weighted by atomic mass is 32.2. The van der Waals surface area contributed by atoms with Gasteiger partial charge >= 0.3 is 0 Å². The fourth-order valence-corrected chi connectivity index (χ4v) is 2.43. The molecule has 0 amide bonds. The monoisotopic (exact) mass is 234 g/mol. The van der Waals surface area contributed by atoms with Gasteiger partial charge in [-0.3, -0.25) is 0 Å². The first-order valence-electron chi connectivity index (χ1n) is 5.39. The molecule has 2 rings (SSSR count). The predicted molar refractivity (Wildman–Crippen MR) is 57.1 cm³/mol. The minimum absolute atomic E-state index is 0.146. The maximum Gasteiger partial charge on any atom is 0.238 e. The smallest absolute Gasteiger partial charge is 0.231 e. The lowest BCUT2D eigenvalue weighted by Crippen LogP contribution is -2.37. The first-order valence-corrected chi connectivity index (χ1v) is 6.37. The summed E-state index contributed by atoms with van der Waals surface area (Å²) < 4.78 is -0.146. The lowest BCUT2D eigenvalue weighted by molar-refractivity contribution is -0.429. The van der Waals surface area contributed by atoms with Gasteiger partial charge < -0.3 is 0 Å². The van der Waals surface area contributed by atoms with Crippen LogP contribution in [0.1, 0.15) is 26.7 Å². The number of hydrogen-bond acceptors (Lipinski definition) is 5. The molecule has 5 heteroatoms. The summed E-state index contributed by atoms with van der Waals surface area (Å²) in [5, 5.41) is 0. The first kappa shape index (κ1) is 11.7. The second-order valence-corrected chi connectivity index (χ2v) is 6.20. The molecule has 1 saturated carbocycles. The van der Waals surface area contributed by atoms with Crippen LogP contribution in [-0.4, -0.2) is 30.0 Å². The van der Waals surface area contributed by atoms with Crippen molar-refractivity contribution in [1.29, 1.82) is 0 Å². The maximum atomic E-state index is 5.15. The van der Waals surface area contributed by atoms with Crippen LogP contribution in [0.3, 0.4) is 0 Å². The minimum Gasteiger partial charge on any atom is -0.231 e. The lowest BCUT2D eigenvalue weighted by atomic mass is 10.2. The van der Waals surface area contributed by atoms with E-state index in [4.69, 9.17) is 19.6 Å². The Morgan fingerprint density at radius 3 is 2.27 bits per heavy atom. The van der Waals surface area contributed by atoms with Crippen molar-refractivity contribution >= 4 is 11.8 Å². The molecule has 4 nitrogen and oxygen atoms in total. The van der Waals surface area contributed by atoms with Crippen molar-refractivity contribution in [2.75, 3.05) is 19.0 Å². The molecule has 1 saturated heterocycles. The molecule has 2 fully saturated rings. The van der Waals surface area contributed by atoms with E-state index < -0.39 is 6.29 Å². The van der Waals surface area contributed by atoms with Gasteiger partial charge in [0.15, 0.2) is 0 Å². The van der Waals surface area contributed by atoms with Crippen molar-refractivity contribution in [1.82, 2.24) is 0 Å². The zero-order valence-corrected chi connectivity index (χ0v) is 10.0. The SMILES string of the molecule is CC(C)(SCC1CC1)C1OOCCOO1. The highest BCUT2D eigenvalue weighted by Crippen LogP contribution is 2.39. The summed E-state index contributed by atoms with van der Waals surface area (Å²) in [7, 11) is 0. The van der Waals surface area contributed by atoms with Crippen molar-refractivity contribution < 1.29 is 19.6 Å². The molecule has 0 unspecified atom stereocenters. The third-order valence-electron chi connectivity index (χ3n) is 2.52. The fourth-order valence-electron chi connectivity index (χ4n) is 1.22. The molecule has 0 aromatic carbocycles. The Kier molecular flexibility index (Phi) is 3.90. The molecule has 1 aliphatic carbocycles. The zero-order chi connectivity index (χ0) is 10.7. The molecule has 0 spiro atoms. The van der Waals surface area contributed by atoms with Crippen molar-refractivity contribution in [2.24, 2.45) is 5.92 Å². The van der Waals surface area contributed by atoms with Gasteiger partial charge in [0, 0.05) is 0 Å². The summed E-state index contributed by atoms with van der Waals surface area (Å²) in [6, 6.07) is 0. The van der Waals surface area contributed by atoms with E-state index in [0.717, 1.165) is 11.7 Å². The van der Waals surface area contributed by atoms with Gasteiger partial charge in [-0.15, -0.1) is 11.8 Å². The van der Waals surface area contributed by atoms with Crippen LogP contribution in [0.2, 0.25) is 0 Å². The summed E-state index contributed by atoms with van der Waals surface area (Å²) in [5.74, 6) is 2.05. The molecule has 0 aromatic heterocycles. The molecule has 0 radical (unpaired) electrons. The van der Waals surface area contributed by atoms with Gasteiger partial charge in [-0.2, -0.15) is 9.78 Å². The van der Waals surface area contributed by atoms with Gasteiger partial charge in [-0.1, -0.05) is 0 Å². The van der Waals surface area contributed by atoms with Gasteiger partial charge in [-0.25, -0.2) is 9.78 Å². The van der Waals surface area contributed by atoms with E-state index in [9.17, 15) is 0 Å². The molecule has 2 aliphatic rings. The summed E-state index contributed by atoms with van der Waals surface area (Å²) in [4.78, 5) is 20.2. The number of thioether (sulfide) groups is 1. The molecule has 88 valence electrons. The van der Waals surface area contributed by atoms with Crippen molar-refractivity contribution in [3.05, 3.63) is 0 Å². The van der Waals surface area contributed by atoms with E-state index in [2.05, 4.69) is 13.8 Å².